The van der Waals surface area contributed by atoms with Gasteiger partial charge in [-0.05, 0) is 37.0 Å². The van der Waals surface area contributed by atoms with Crippen molar-refractivity contribution in [2.24, 2.45) is 11.1 Å². The summed E-state index contributed by atoms with van der Waals surface area (Å²) in [5, 5.41) is 18.4. The van der Waals surface area contributed by atoms with Crippen LogP contribution in [0.5, 0.6) is 0 Å². The molecule has 0 fully saturated rings. The fourth-order valence-corrected chi connectivity index (χ4v) is 2.51. The predicted octanol–water partition coefficient (Wildman–Crippen LogP) is 2.89. The van der Waals surface area contributed by atoms with Crippen molar-refractivity contribution < 1.29 is 5.11 Å². The van der Waals surface area contributed by atoms with E-state index in [1.165, 1.54) is 5.57 Å². The zero-order valence-corrected chi connectivity index (χ0v) is 10.6. The lowest BCUT2D eigenvalue weighted by molar-refractivity contribution is 0.404. The first kappa shape index (κ1) is 12.7. The van der Waals surface area contributed by atoms with Gasteiger partial charge in [0.05, 0.1) is 6.07 Å². The highest BCUT2D eigenvalue weighted by atomic mass is 16.3. The molecule has 0 saturated carbocycles. The summed E-state index contributed by atoms with van der Waals surface area (Å²) in [6, 6.07) is 2.23. The topological polar surface area (TPSA) is 70.0 Å². The Morgan fingerprint density at radius 1 is 1.50 bits per heavy atom. The molecule has 0 spiro atoms. The SMILES string of the molecule is CC1(C2=CC(CN)=C(C#N)CC2)C=CC(O)=CC1. The molecule has 0 heterocycles. The maximum atomic E-state index is 9.40. The van der Waals surface area contributed by atoms with Crippen molar-refractivity contribution >= 4 is 0 Å². The monoisotopic (exact) mass is 242 g/mol. The molecule has 0 amide bonds. The van der Waals surface area contributed by atoms with Gasteiger partial charge in [0.15, 0.2) is 0 Å². The molecule has 2 aliphatic rings. The Kier molecular flexibility index (Phi) is 3.40. The summed E-state index contributed by atoms with van der Waals surface area (Å²) in [5.74, 6) is 0.330. The Labute approximate surface area is 108 Å². The van der Waals surface area contributed by atoms with Crippen LogP contribution in [0.4, 0.5) is 0 Å². The summed E-state index contributed by atoms with van der Waals surface area (Å²) in [7, 11) is 0. The van der Waals surface area contributed by atoms with Crippen molar-refractivity contribution in [3.05, 3.63) is 46.8 Å². The minimum absolute atomic E-state index is 0.0619. The van der Waals surface area contributed by atoms with Crippen LogP contribution in [-0.4, -0.2) is 11.7 Å². The molecule has 2 aliphatic carbocycles. The summed E-state index contributed by atoms with van der Waals surface area (Å²) in [5.41, 5.74) is 8.69. The number of aliphatic hydroxyl groups is 1. The van der Waals surface area contributed by atoms with Gasteiger partial charge in [0.25, 0.3) is 0 Å². The lowest BCUT2D eigenvalue weighted by Crippen LogP contribution is -2.21. The number of allylic oxidation sites excluding steroid dienone is 5. The first-order chi connectivity index (χ1) is 8.59. The van der Waals surface area contributed by atoms with Crippen molar-refractivity contribution in [2.45, 2.75) is 26.2 Å². The molecule has 0 bridgehead atoms. The molecular weight excluding hydrogens is 224 g/mol. The Hall–Kier alpha value is -1.79. The van der Waals surface area contributed by atoms with Gasteiger partial charge in [-0.2, -0.15) is 5.26 Å². The average Bonchev–Trinajstić information content (AvgIpc) is 2.41. The van der Waals surface area contributed by atoms with E-state index < -0.39 is 0 Å². The number of aliphatic hydroxyl groups excluding tert-OH is 1. The van der Waals surface area contributed by atoms with Crippen LogP contribution < -0.4 is 5.73 Å². The lowest BCUT2D eigenvalue weighted by atomic mass is 9.72. The summed E-state index contributed by atoms with van der Waals surface area (Å²) in [6.45, 7) is 2.57. The highest BCUT2D eigenvalue weighted by Gasteiger charge is 2.29. The Bertz CT molecular complexity index is 517. The number of nitriles is 1. The third kappa shape index (κ3) is 2.25. The second-order valence-electron chi connectivity index (χ2n) is 5.07. The Morgan fingerprint density at radius 2 is 2.28 bits per heavy atom. The van der Waals surface area contributed by atoms with Gasteiger partial charge < -0.3 is 10.8 Å². The molecule has 94 valence electrons. The van der Waals surface area contributed by atoms with E-state index in [0.29, 0.717) is 12.3 Å². The van der Waals surface area contributed by atoms with E-state index >= 15 is 0 Å². The Balaban J connectivity index is 2.32. The number of nitrogens with two attached hydrogens (primary N) is 1. The second kappa shape index (κ2) is 4.83. The van der Waals surface area contributed by atoms with Crippen LogP contribution >= 0.6 is 0 Å². The number of rotatable bonds is 2. The van der Waals surface area contributed by atoms with E-state index in [-0.39, 0.29) is 5.41 Å². The van der Waals surface area contributed by atoms with Crippen LogP contribution in [0.15, 0.2) is 46.8 Å². The summed E-state index contributed by atoms with van der Waals surface area (Å²) < 4.78 is 0. The molecule has 3 heteroatoms. The van der Waals surface area contributed by atoms with E-state index in [1.54, 1.807) is 6.08 Å². The zero-order valence-electron chi connectivity index (χ0n) is 10.6. The molecule has 0 aromatic carbocycles. The normalized spacial score (nSPS) is 27.6. The minimum atomic E-state index is -0.0619. The molecule has 1 atom stereocenters. The number of nitrogens with zero attached hydrogens (tertiary/aromatic N) is 1. The van der Waals surface area contributed by atoms with E-state index in [2.05, 4.69) is 19.1 Å². The summed E-state index contributed by atoms with van der Waals surface area (Å²) in [6.07, 6.45) is 10.2. The third-order valence-electron chi connectivity index (χ3n) is 3.83. The lowest BCUT2D eigenvalue weighted by Gasteiger charge is -2.32. The molecule has 0 radical (unpaired) electrons. The first-order valence-electron chi connectivity index (χ1n) is 6.20. The number of hydrogen-bond donors (Lipinski definition) is 2. The van der Waals surface area contributed by atoms with Crippen LogP contribution in [0.25, 0.3) is 0 Å². The molecule has 3 N–H and O–H groups in total. The van der Waals surface area contributed by atoms with E-state index in [1.807, 2.05) is 12.2 Å². The van der Waals surface area contributed by atoms with Crippen LogP contribution in [0.1, 0.15) is 26.2 Å². The van der Waals surface area contributed by atoms with Crippen molar-refractivity contribution in [3.63, 3.8) is 0 Å². The van der Waals surface area contributed by atoms with Crippen molar-refractivity contribution in [1.82, 2.24) is 0 Å². The predicted molar refractivity (Wildman–Crippen MR) is 71.6 cm³/mol. The van der Waals surface area contributed by atoms with Gasteiger partial charge in [-0.15, -0.1) is 0 Å². The molecule has 1 unspecified atom stereocenters. The molecule has 0 aromatic heterocycles. The quantitative estimate of drug-likeness (QED) is 0.782. The smallest absolute Gasteiger partial charge is 0.111 e. The fourth-order valence-electron chi connectivity index (χ4n) is 2.51. The van der Waals surface area contributed by atoms with Gasteiger partial charge in [-0.1, -0.05) is 24.6 Å². The summed E-state index contributed by atoms with van der Waals surface area (Å²) in [4.78, 5) is 0. The molecule has 3 nitrogen and oxygen atoms in total. The van der Waals surface area contributed by atoms with Crippen LogP contribution in [0.3, 0.4) is 0 Å². The first-order valence-corrected chi connectivity index (χ1v) is 6.20. The average molecular weight is 242 g/mol. The minimum Gasteiger partial charge on any atom is -0.508 e. The van der Waals surface area contributed by atoms with Crippen molar-refractivity contribution in [3.8, 4) is 6.07 Å². The highest BCUT2D eigenvalue weighted by molar-refractivity contribution is 5.45. The standard InChI is InChI=1S/C15H18N2O/c1-15(6-4-14(18)5-7-15)13-3-2-11(9-16)12(8-13)10-17/h4-6,8,18H,2-3,7,10,17H2,1H3. The van der Waals surface area contributed by atoms with Gasteiger partial charge in [-0.3, -0.25) is 0 Å². The highest BCUT2D eigenvalue weighted by Crippen LogP contribution is 2.41. The van der Waals surface area contributed by atoms with Gasteiger partial charge in [0.1, 0.15) is 5.76 Å². The fraction of sp³-hybridized carbons (Fsp3) is 0.400. The van der Waals surface area contributed by atoms with Crippen LogP contribution in [0.2, 0.25) is 0 Å². The zero-order chi connectivity index (χ0) is 13.2. The van der Waals surface area contributed by atoms with Gasteiger partial charge >= 0.3 is 0 Å². The van der Waals surface area contributed by atoms with E-state index in [0.717, 1.165) is 30.4 Å². The second-order valence-corrected chi connectivity index (χ2v) is 5.07. The van der Waals surface area contributed by atoms with Gasteiger partial charge in [0, 0.05) is 17.5 Å². The largest absolute Gasteiger partial charge is 0.508 e. The molecule has 0 aromatic rings. The van der Waals surface area contributed by atoms with Crippen molar-refractivity contribution in [2.75, 3.05) is 6.54 Å². The van der Waals surface area contributed by atoms with E-state index in [4.69, 9.17) is 11.0 Å². The molecular formula is C15H18N2O. The molecule has 2 rings (SSSR count). The number of hydrogen-bond acceptors (Lipinski definition) is 3. The van der Waals surface area contributed by atoms with Crippen molar-refractivity contribution in [1.29, 1.82) is 5.26 Å². The third-order valence-corrected chi connectivity index (χ3v) is 3.83. The molecule has 18 heavy (non-hydrogen) atoms. The van der Waals surface area contributed by atoms with Gasteiger partial charge in [-0.25, -0.2) is 0 Å². The van der Waals surface area contributed by atoms with Gasteiger partial charge in [0.2, 0.25) is 0 Å². The van der Waals surface area contributed by atoms with Crippen LogP contribution in [-0.2, 0) is 0 Å². The van der Waals surface area contributed by atoms with Crippen LogP contribution in [0, 0.1) is 16.7 Å². The maximum Gasteiger partial charge on any atom is 0.111 e. The maximum absolute atomic E-state index is 9.40. The molecule has 0 saturated heterocycles. The van der Waals surface area contributed by atoms with E-state index in [9.17, 15) is 5.11 Å². The molecule has 0 aliphatic heterocycles. The summed E-state index contributed by atoms with van der Waals surface area (Å²) >= 11 is 0. The Morgan fingerprint density at radius 3 is 2.83 bits per heavy atom.